The average Bonchev–Trinajstić information content (AvgIpc) is 2.22. The van der Waals surface area contributed by atoms with Gasteiger partial charge in [0.15, 0.2) is 0 Å². The minimum Gasteiger partial charge on any atom is -0.512 e. The number of unbranched alkanes of at least 4 members (excludes halogenated alkanes) is 1. The molecule has 1 unspecified atom stereocenters. The van der Waals surface area contributed by atoms with Crippen molar-refractivity contribution in [3.63, 3.8) is 0 Å². The van der Waals surface area contributed by atoms with E-state index >= 15 is 0 Å². The second-order valence-electron chi connectivity index (χ2n) is 4.00. The van der Waals surface area contributed by atoms with E-state index in [4.69, 9.17) is 5.11 Å². The average molecular weight is 214 g/mol. The topological polar surface area (TPSA) is 57.5 Å². The van der Waals surface area contributed by atoms with Crippen LogP contribution in [0.15, 0.2) is 11.3 Å². The molecule has 0 amide bonds. The molecule has 0 aromatic rings. The molecule has 0 aliphatic heterocycles. The van der Waals surface area contributed by atoms with Crippen molar-refractivity contribution in [2.75, 3.05) is 0 Å². The van der Waals surface area contributed by atoms with Crippen molar-refractivity contribution in [2.45, 2.75) is 52.9 Å². The number of aliphatic carboxylic acids is 1. The van der Waals surface area contributed by atoms with Crippen LogP contribution in [0.4, 0.5) is 0 Å². The molecule has 0 saturated heterocycles. The van der Waals surface area contributed by atoms with Gasteiger partial charge >= 0.3 is 5.97 Å². The van der Waals surface area contributed by atoms with E-state index in [2.05, 4.69) is 13.8 Å². The summed E-state index contributed by atoms with van der Waals surface area (Å²) in [6.45, 7) is 5.65. The molecule has 0 bridgehead atoms. The molecule has 0 fully saturated rings. The third-order valence-corrected chi connectivity index (χ3v) is 2.78. The van der Waals surface area contributed by atoms with Gasteiger partial charge in [-0.2, -0.15) is 0 Å². The molecule has 0 aromatic carbocycles. The van der Waals surface area contributed by atoms with Crippen LogP contribution in [0.1, 0.15) is 52.9 Å². The van der Waals surface area contributed by atoms with Gasteiger partial charge in [-0.25, -0.2) is 4.79 Å². The number of aliphatic hydroxyl groups is 1. The zero-order chi connectivity index (χ0) is 11.8. The van der Waals surface area contributed by atoms with Gasteiger partial charge in [0.25, 0.3) is 0 Å². The number of allylic oxidation sites excluding steroid dienone is 1. The fraction of sp³-hybridized carbons (Fsp3) is 0.750. The smallest absolute Gasteiger partial charge is 0.334 e. The first kappa shape index (κ1) is 14.0. The Labute approximate surface area is 91.8 Å². The Morgan fingerprint density at radius 2 is 1.87 bits per heavy atom. The van der Waals surface area contributed by atoms with Crippen LogP contribution in [0.25, 0.3) is 0 Å². The van der Waals surface area contributed by atoms with Gasteiger partial charge in [0.1, 0.15) is 5.76 Å². The normalized spacial score (nSPS) is 14.6. The monoisotopic (exact) mass is 214 g/mol. The van der Waals surface area contributed by atoms with E-state index in [0.29, 0.717) is 12.3 Å². The predicted molar refractivity (Wildman–Crippen MR) is 60.9 cm³/mol. The Kier molecular flexibility index (Phi) is 6.84. The van der Waals surface area contributed by atoms with E-state index in [1.165, 1.54) is 6.92 Å². The number of carboxylic acids is 1. The van der Waals surface area contributed by atoms with Gasteiger partial charge in [0, 0.05) is 6.42 Å². The summed E-state index contributed by atoms with van der Waals surface area (Å²) in [7, 11) is 0. The summed E-state index contributed by atoms with van der Waals surface area (Å²) in [5.74, 6) is -0.595. The van der Waals surface area contributed by atoms with E-state index in [1.54, 1.807) is 0 Å². The molecule has 3 nitrogen and oxygen atoms in total. The van der Waals surface area contributed by atoms with E-state index in [0.717, 1.165) is 25.7 Å². The lowest BCUT2D eigenvalue weighted by atomic mass is 9.94. The van der Waals surface area contributed by atoms with Gasteiger partial charge in [0.2, 0.25) is 0 Å². The summed E-state index contributed by atoms with van der Waals surface area (Å²) in [6.07, 6.45) is 4.81. The standard InChI is InChI=1S/C12H22O3/c1-4-6-7-10(5-2)8-11(13)9(3)12(14)15/h10,13H,4-8H2,1-3H3,(H,14,15). The van der Waals surface area contributed by atoms with Gasteiger partial charge in [-0.1, -0.05) is 39.5 Å². The molecule has 88 valence electrons. The first-order chi connectivity index (χ1) is 7.02. The van der Waals surface area contributed by atoms with Crippen LogP contribution in [0.5, 0.6) is 0 Å². The summed E-state index contributed by atoms with van der Waals surface area (Å²) in [5, 5.41) is 18.3. The zero-order valence-corrected chi connectivity index (χ0v) is 9.92. The molecule has 3 heteroatoms. The molecule has 0 rings (SSSR count). The maximum absolute atomic E-state index is 10.6. The highest BCUT2D eigenvalue weighted by Gasteiger charge is 2.13. The number of hydrogen-bond donors (Lipinski definition) is 2. The highest BCUT2D eigenvalue weighted by molar-refractivity contribution is 5.86. The van der Waals surface area contributed by atoms with Gasteiger partial charge in [0.05, 0.1) is 5.57 Å². The maximum Gasteiger partial charge on any atom is 0.334 e. The van der Waals surface area contributed by atoms with Gasteiger partial charge in [-0.15, -0.1) is 0 Å². The number of rotatable bonds is 7. The van der Waals surface area contributed by atoms with Crippen LogP contribution in [0, 0.1) is 5.92 Å². The molecule has 1 atom stereocenters. The molecule has 15 heavy (non-hydrogen) atoms. The van der Waals surface area contributed by atoms with Crippen molar-refractivity contribution < 1.29 is 15.0 Å². The summed E-state index contributed by atoms with van der Waals surface area (Å²) in [4.78, 5) is 10.6. The number of carboxylic acid groups (broad SMARTS) is 1. The lowest BCUT2D eigenvalue weighted by Crippen LogP contribution is -2.06. The van der Waals surface area contributed by atoms with Crippen LogP contribution in [-0.2, 0) is 4.79 Å². The molecular formula is C12H22O3. The third-order valence-electron chi connectivity index (χ3n) is 2.78. The van der Waals surface area contributed by atoms with Crippen LogP contribution < -0.4 is 0 Å². The fourth-order valence-corrected chi connectivity index (χ4v) is 1.49. The molecule has 0 aromatic heterocycles. The van der Waals surface area contributed by atoms with Crippen molar-refractivity contribution in [2.24, 2.45) is 5.92 Å². The summed E-state index contributed by atoms with van der Waals surface area (Å²) in [5.41, 5.74) is 0.0740. The lowest BCUT2D eigenvalue weighted by molar-refractivity contribution is -0.132. The Morgan fingerprint density at radius 1 is 1.27 bits per heavy atom. The Bertz CT molecular complexity index is 231. The second-order valence-corrected chi connectivity index (χ2v) is 4.00. The first-order valence-corrected chi connectivity index (χ1v) is 5.64. The quantitative estimate of drug-likeness (QED) is 0.503. The lowest BCUT2D eigenvalue weighted by Gasteiger charge is -2.14. The maximum atomic E-state index is 10.6. The minimum absolute atomic E-state index is 0.0328. The number of hydrogen-bond acceptors (Lipinski definition) is 2. The molecule has 0 spiro atoms. The Morgan fingerprint density at radius 3 is 2.27 bits per heavy atom. The summed E-state index contributed by atoms with van der Waals surface area (Å²) in [6, 6.07) is 0. The second kappa shape index (κ2) is 7.32. The van der Waals surface area contributed by atoms with Crippen LogP contribution in [0.3, 0.4) is 0 Å². The van der Waals surface area contributed by atoms with E-state index in [9.17, 15) is 9.90 Å². The zero-order valence-electron chi connectivity index (χ0n) is 9.92. The van der Waals surface area contributed by atoms with Crippen molar-refractivity contribution >= 4 is 5.97 Å². The molecule has 2 N–H and O–H groups in total. The SMILES string of the molecule is CCCCC(CC)CC(O)=C(C)C(=O)O. The fourth-order valence-electron chi connectivity index (χ4n) is 1.49. The molecular weight excluding hydrogens is 192 g/mol. The summed E-state index contributed by atoms with van der Waals surface area (Å²) >= 11 is 0. The van der Waals surface area contributed by atoms with E-state index < -0.39 is 5.97 Å². The number of carbonyl (C=O) groups is 1. The van der Waals surface area contributed by atoms with Crippen molar-refractivity contribution in [3.05, 3.63) is 11.3 Å². The summed E-state index contributed by atoms with van der Waals surface area (Å²) < 4.78 is 0. The molecule has 0 radical (unpaired) electrons. The molecule has 0 saturated carbocycles. The van der Waals surface area contributed by atoms with E-state index in [1.807, 2.05) is 0 Å². The van der Waals surface area contributed by atoms with Gasteiger partial charge < -0.3 is 10.2 Å². The minimum atomic E-state index is -1.03. The van der Waals surface area contributed by atoms with Crippen LogP contribution in [0.2, 0.25) is 0 Å². The van der Waals surface area contributed by atoms with Gasteiger partial charge in [-0.05, 0) is 12.8 Å². The van der Waals surface area contributed by atoms with Crippen molar-refractivity contribution in [1.29, 1.82) is 0 Å². The first-order valence-electron chi connectivity index (χ1n) is 5.64. The predicted octanol–water partition coefficient (Wildman–Crippen LogP) is 3.51. The Balaban J connectivity index is 4.28. The third kappa shape index (κ3) is 5.45. The largest absolute Gasteiger partial charge is 0.512 e. The molecule has 0 aliphatic rings. The molecule has 0 aliphatic carbocycles. The highest BCUT2D eigenvalue weighted by atomic mass is 16.4. The van der Waals surface area contributed by atoms with Crippen molar-refractivity contribution in [1.82, 2.24) is 0 Å². The van der Waals surface area contributed by atoms with Crippen LogP contribution in [-0.4, -0.2) is 16.2 Å². The molecule has 0 heterocycles. The van der Waals surface area contributed by atoms with E-state index in [-0.39, 0.29) is 11.3 Å². The number of aliphatic hydroxyl groups excluding tert-OH is 1. The van der Waals surface area contributed by atoms with Gasteiger partial charge in [-0.3, -0.25) is 0 Å². The highest BCUT2D eigenvalue weighted by Crippen LogP contribution is 2.21. The van der Waals surface area contributed by atoms with Crippen LogP contribution >= 0.6 is 0 Å². The van der Waals surface area contributed by atoms with Crippen molar-refractivity contribution in [3.8, 4) is 0 Å². The Hall–Kier alpha value is -0.990.